The van der Waals surface area contributed by atoms with Crippen LogP contribution in [0.1, 0.15) is 18.9 Å². The lowest BCUT2D eigenvalue weighted by Crippen LogP contribution is -2.32. The number of rotatable bonds is 6. The second-order valence-electron chi connectivity index (χ2n) is 4.65. The third-order valence-corrected chi connectivity index (χ3v) is 4.01. The van der Waals surface area contributed by atoms with Crippen LogP contribution in [0, 0.1) is 0 Å². The maximum Gasteiger partial charge on any atom is 0.252 e. The maximum absolute atomic E-state index is 12.0. The van der Waals surface area contributed by atoms with Crippen molar-refractivity contribution >= 4 is 22.7 Å². The van der Waals surface area contributed by atoms with Crippen LogP contribution in [0.5, 0.6) is 0 Å². The van der Waals surface area contributed by atoms with Gasteiger partial charge in [-0.1, -0.05) is 25.1 Å². The fourth-order valence-electron chi connectivity index (χ4n) is 2.10. The molecular formula is C15H20N2OS. The molecule has 0 saturated heterocycles. The van der Waals surface area contributed by atoms with E-state index >= 15 is 0 Å². The van der Waals surface area contributed by atoms with Gasteiger partial charge in [-0.3, -0.25) is 4.79 Å². The number of hydrogen-bond donors (Lipinski definition) is 2. The van der Waals surface area contributed by atoms with Crippen molar-refractivity contribution in [3.8, 4) is 0 Å². The van der Waals surface area contributed by atoms with Crippen molar-refractivity contribution < 1.29 is 0 Å². The minimum Gasteiger partial charge on any atom is -0.322 e. The summed E-state index contributed by atoms with van der Waals surface area (Å²) in [6.07, 6.45) is 3.18. The third-order valence-electron chi connectivity index (χ3n) is 3.27. The van der Waals surface area contributed by atoms with E-state index in [-0.39, 0.29) is 5.56 Å². The number of para-hydroxylation sites is 1. The molecule has 1 aromatic heterocycles. The highest BCUT2D eigenvalue weighted by molar-refractivity contribution is 7.98. The lowest BCUT2D eigenvalue weighted by atomic mass is 10.1. The lowest BCUT2D eigenvalue weighted by molar-refractivity contribution is 0.539. The van der Waals surface area contributed by atoms with Crippen LogP contribution in [-0.2, 0) is 6.54 Å². The quantitative estimate of drug-likeness (QED) is 0.852. The Balaban J connectivity index is 2.16. The molecule has 0 amide bonds. The highest BCUT2D eigenvalue weighted by Crippen LogP contribution is 2.10. The molecule has 0 aliphatic rings. The van der Waals surface area contributed by atoms with Crippen LogP contribution >= 0.6 is 11.8 Å². The maximum atomic E-state index is 12.0. The normalized spacial score (nSPS) is 12.7. The van der Waals surface area contributed by atoms with E-state index in [0.29, 0.717) is 12.6 Å². The second-order valence-corrected chi connectivity index (χ2v) is 5.56. The van der Waals surface area contributed by atoms with Crippen molar-refractivity contribution in [3.63, 3.8) is 0 Å². The van der Waals surface area contributed by atoms with Crippen LogP contribution in [0.2, 0.25) is 0 Å². The summed E-state index contributed by atoms with van der Waals surface area (Å²) in [6, 6.07) is 10.3. The van der Waals surface area contributed by atoms with Crippen LogP contribution in [0.4, 0.5) is 0 Å². The molecule has 2 aromatic rings. The molecule has 102 valence electrons. The number of benzene rings is 1. The van der Waals surface area contributed by atoms with Crippen molar-refractivity contribution in [2.45, 2.75) is 25.9 Å². The fraction of sp³-hybridized carbons (Fsp3) is 0.400. The average molecular weight is 276 g/mol. The predicted molar refractivity (Wildman–Crippen MR) is 83.9 cm³/mol. The molecule has 0 fully saturated rings. The first kappa shape index (κ1) is 14.2. The van der Waals surface area contributed by atoms with Crippen LogP contribution in [-0.4, -0.2) is 23.0 Å². The monoisotopic (exact) mass is 276 g/mol. The van der Waals surface area contributed by atoms with Gasteiger partial charge >= 0.3 is 0 Å². The van der Waals surface area contributed by atoms with Crippen LogP contribution < -0.4 is 10.9 Å². The second kappa shape index (κ2) is 6.78. The Kier molecular flexibility index (Phi) is 5.05. The molecule has 4 heteroatoms. The summed E-state index contributed by atoms with van der Waals surface area (Å²) in [6.45, 7) is 2.79. The molecule has 2 N–H and O–H groups in total. The molecule has 1 aromatic carbocycles. The van der Waals surface area contributed by atoms with Crippen LogP contribution in [0.25, 0.3) is 10.9 Å². The first-order chi connectivity index (χ1) is 9.24. The zero-order valence-corrected chi connectivity index (χ0v) is 12.2. The fourth-order valence-corrected chi connectivity index (χ4v) is 2.86. The Morgan fingerprint density at radius 2 is 2.16 bits per heavy atom. The summed E-state index contributed by atoms with van der Waals surface area (Å²) in [5.74, 6) is 1.07. The number of thioether (sulfide) groups is 1. The molecule has 0 aliphatic heterocycles. The van der Waals surface area contributed by atoms with E-state index in [9.17, 15) is 4.79 Å². The molecule has 1 unspecified atom stereocenters. The van der Waals surface area contributed by atoms with Gasteiger partial charge < -0.3 is 10.3 Å². The molecule has 0 saturated carbocycles. The van der Waals surface area contributed by atoms with Gasteiger partial charge in [0.2, 0.25) is 0 Å². The molecule has 0 radical (unpaired) electrons. The minimum absolute atomic E-state index is 0.00482. The number of nitrogens with one attached hydrogen (secondary N) is 2. The lowest BCUT2D eigenvalue weighted by Gasteiger charge is -2.15. The molecule has 0 spiro atoms. The molecular weight excluding hydrogens is 256 g/mol. The van der Waals surface area contributed by atoms with Crippen LogP contribution in [0.3, 0.4) is 0 Å². The number of aromatic amines is 1. The summed E-state index contributed by atoms with van der Waals surface area (Å²) in [5.41, 5.74) is 1.70. The van der Waals surface area contributed by atoms with Crippen LogP contribution in [0.15, 0.2) is 35.1 Å². The van der Waals surface area contributed by atoms with Gasteiger partial charge in [-0.2, -0.15) is 11.8 Å². The zero-order valence-electron chi connectivity index (χ0n) is 11.4. The summed E-state index contributed by atoms with van der Waals surface area (Å²) >= 11 is 1.83. The van der Waals surface area contributed by atoms with Crippen molar-refractivity contribution in [1.29, 1.82) is 0 Å². The molecule has 3 nitrogen and oxygen atoms in total. The van der Waals surface area contributed by atoms with E-state index in [1.165, 1.54) is 0 Å². The molecule has 0 bridgehead atoms. The smallest absolute Gasteiger partial charge is 0.252 e. The Labute approximate surface area is 117 Å². The molecule has 1 heterocycles. The number of H-pyrrole nitrogens is 1. The van der Waals surface area contributed by atoms with Gasteiger partial charge in [-0.25, -0.2) is 0 Å². The minimum atomic E-state index is 0.00482. The Morgan fingerprint density at radius 3 is 2.89 bits per heavy atom. The van der Waals surface area contributed by atoms with E-state index in [1.54, 1.807) is 0 Å². The Hall–Kier alpha value is -1.26. The molecule has 0 aliphatic carbocycles. The van der Waals surface area contributed by atoms with Gasteiger partial charge in [0.1, 0.15) is 0 Å². The zero-order chi connectivity index (χ0) is 13.7. The molecule has 19 heavy (non-hydrogen) atoms. The SMILES string of the molecule is CCC(CSC)NCc1cc2ccccc2[nH]c1=O. The van der Waals surface area contributed by atoms with Gasteiger partial charge in [0.15, 0.2) is 0 Å². The summed E-state index contributed by atoms with van der Waals surface area (Å²) < 4.78 is 0. The standard InChI is InChI=1S/C15H20N2OS/c1-3-13(10-19-2)16-9-12-8-11-6-4-5-7-14(11)17-15(12)18/h4-8,13,16H,3,9-10H2,1-2H3,(H,17,18). The molecule has 1 atom stereocenters. The van der Waals surface area contributed by atoms with E-state index < -0.39 is 0 Å². The number of hydrogen-bond acceptors (Lipinski definition) is 3. The Morgan fingerprint density at radius 1 is 1.37 bits per heavy atom. The van der Waals surface area contributed by atoms with Gasteiger partial charge in [-0.05, 0) is 30.2 Å². The number of aromatic nitrogens is 1. The summed E-state index contributed by atoms with van der Waals surface area (Å²) in [4.78, 5) is 14.9. The first-order valence-electron chi connectivity index (χ1n) is 6.58. The van der Waals surface area contributed by atoms with Crippen molar-refractivity contribution in [2.24, 2.45) is 0 Å². The van der Waals surface area contributed by atoms with Gasteiger partial charge in [0.25, 0.3) is 5.56 Å². The van der Waals surface area contributed by atoms with Crippen molar-refractivity contribution in [2.75, 3.05) is 12.0 Å². The molecule has 2 rings (SSSR count). The predicted octanol–water partition coefficient (Wildman–Crippen LogP) is 2.76. The summed E-state index contributed by atoms with van der Waals surface area (Å²) in [5, 5.41) is 4.53. The van der Waals surface area contributed by atoms with Gasteiger partial charge in [-0.15, -0.1) is 0 Å². The van der Waals surface area contributed by atoms with E-state index in [1.807, 2.05) is 42.1 Å². The average Bonchev–Trinajstić information content (AvgIpc) is 2.43. The van der Waals surface area contributed by atoms with Crippen molar-refractivity contribution in [1.82, 2.24) is 10.3 Å². The Bertz CT molecular complexity index is 594. The topological polar surface area (TPSA) is 44.9 Å². The summed E-state index contributed by atoms with van der Waals surface area (Å²) in [7, 11) is 0. The third kappa shape index (κ3) is 3.61. The number of pyridine rings is 1. The van der Waals surface area contributed by atoms with Gasteiger partial charge in [0, 0.05) is 29.4 Å². The number of fused-ring (bicyclic) bond motifs is 1. The largest absolute Gasteiger partial charge is 0.322 e. The van der Waals surface area contributed by atoms with Crippen molar-refractivity contribution in [3.05, 3.63) is 46.2 Å². The first-order valence-corrected chi connectivity index (χ1v) is 7.97. The van der Waals surface area contributed by atoms with E-state index in [2.05, 4.69) is 23.5 Å². The highest BCUT2D eigenvalue weighted by atomic mass is 32.2. The van der Waals surface area contributed by atoms with Gasteiger partial charge in [0.05, 0.1) is 0 Å². The van der Waals surface area contributed by atoms with E-state index in [4.69, 9.17) is 0 Å². The highest BCUT2D eigenvalue weighted by Gasteiger charge is 2.07. The van der Waals surface area contributed by atoms with E-state index in [0.717, 1.165) is 28.6 Å².